The van der Waals surface area contributed by atoms with Crippen LogP contribution in [-0.4, -0.2) is 0 Å². The molecule has 0 aliphatic carbocycles. The van der Waals surface area contributed by atoms with E-state index in [9.17, 15) is 0 Å². The number of rotatable bonds is 1. The number of nitrogens with zero attached hydrogens (tertiary/aromatic N) is 1. The Morgan fingerprint density at radius 1 is 0.826 bits per heavy atom. The SMILES string of the molecule is Cc1ccc2c(c1)N(c1ccccc1)c1cc(N)c(C)cc1N2. The lowest BCUT2D eigenvalue weighted by atomic mass is 10.0. The molecule has 114 valence electrons. The van der Waals surface area contributed by atoms with Crippen LogP contribution in [0.15, 0.2) is 60.7 Å². The lowest BCUT2D eigenvalue weighted by Gasteiger charge is -2.34. The fourth-order valence-electron chi connectivity index (χ4n) is 3.06. The van der Waals surface area contributed by atoms with Crippen molar-refractivity contribution in [3.63, 3.8) is 0 Å². The van der Waals surface area contributed by atoms with Gasteiger partial charge in [0.15, 0.2) is 0 Å². The van der Waals surface area contributed by atoms with Gasteiger partial charge in [-0.15, -0.1) is 0 Å². The monoisotopic (exact) mass is 301 g/mol. The molecule has 23 heavy (non-hydrogen) atoms. The van der Waals surface area contributed by atoms with E-state index in [4.69, 9.17) is 5.73 Å². The van der Waals surface area contributed by atoms with Crippen molar-refractivity contribution in [1.29, 1.82) is 0 Å². The minimum absolute atomic E-state index is 0.808. The highest BCUT2D eigenvalue weighted by molar-refractivity contribution is 5.98. The zero-order chi connectivity index (χ0) is 16.0. The standard InChI is InChI=1S/C20H19N3/c1-13-8-9-17-19(10-13)23(15-6-4-3-5-7-15)20-12-16(21)14(2)11-18(20)22-17/h3-12,22H,21H2,1-2H3. The first-order valence-corrected chi connectivity index (χ1v) is 7.76. The van der Waals surface area contributed by atoms with Crippen LogP contribution in [0.2, 0.25) is 0 Å². The van der Waals surface area contributed by atoms with E-state index in [1.54, 1.807) is 0 Å². The molecule has 3 N–H and O–H groups in total. The normalized spacial score (nSPS) is 12.3. The fraction of sp³-hybridized carbons (Fsp3) is 0.100. The zero-order valence-corrected chi connectivity index (χ0v) is 13.3. The van der Waals surface area contributed by atoms with E-state index in [-0.39, 0.29) is 0 Å². The molecule has 0 radical (unpaired) electrons. The van der Waals surface area contributed by atoms with Crippen molar-refractivity contribution in [2.75, 3.05) is 16.0 Å². The van der Waals surface area contributed by atoms with E-state index in [2.05, 4.69) is 71.7 Å². The van der Waals surface area contributed by atoms with Gasteiger partial charge in [-0.25, -0.2) is 0 Å². The van der Waals surface area contributed by atoms with Gasteiger partial charge in [0, 0.05) is 11.4 Å². The van der Waals surface area contributed by atoms with Gasteiger partial charge in [-0.2, -0.15) is 0 Å². The maximum atomic E-state index is 6.18. The molecule has 0 unspecified atom stereocenters. The summed E-state index contributed by atoms with van der Waals surface area (Å²) in [5.41, 5.74) is 14.8. The number of hydrogen-bond donors (Lipinski definition) is 2. The third-order valence-electron chi connectivity index (χ3n) is 4.30. The van der Waals surface area contributed by atoms with Crippen LogP contribution in [0, 0.1) is 13.8 Å². The Kier molecular flexibility index (Phi) is 3.01. The number of benzene rings is 3. The van der Waals surface area contributed by atoms with Crippen molar-refractivity contribution in [3.8, 4) is 0 Å². The van der Waals surface area contributed by atoms with Crippen LogP contribution in [0.5, 0.6) is 0 Å². The Morgan fingerprint density at radius 2 is 1.57 bits per heavy atom. The molecule has 3 aromatic carbocycles. The topological polar surface area (TPSA) is 41.3 Å². The van der Waals surface area contributed by atoms with E-state index in [1.807, 2.05) is 13.0 Å². The summed E-state index contributed by atoms with van der Waals surface area (Å²) in [4.78, 5) is 2.27. The first kappa shape index (κ1) is 13.7. The maximum Gasteiger partial charge on any atom is 0.0718 e. The summed E-state index contributed by atoms with van der Waals surface area (Å²) < 4.78 is 0. The Hall–Kier alpha value is -2.94. The summed E-state index contributed by atoms with van der Waals surface area (Å²) in [5.74, 6) is 0. The van der Waals surface area contributed by atoms with E-state index >= 15 is 0 Å². The van der Waals surface area contributed by atoms with Gasteiger partial charge in [-0.3, -0.25) is 0 Å². The van der Waals surface area contributed by atoms with Crippen LogP contribution >= 0.6 is 0 Å². The molecule has 0 aromatic heterocycles. The summed E-state index contributed by atoms with van der Waals surface area (Å²) in [6.45, 7) is 4.15. The molecule has 0 amide bonds. The molecule has 3 aromatic rings. The van der Waals surface area contributed by atoms with Gasteiger partial charge in [0.2, 0.25) is 0 Å². The summed E-state index contributed by atoms with van der Waals surface area (Å²) in [6.07, 6.45) is 0. The third kappa shape index (κ3) is 2.21. The average Bonchev–Trinajstić information content (AvgIpc) is 2.55. The van der Waals surface area contributed by atoms with E-state index in [0.717, 1.165) is 39.7 Å². The molecule has 1 aliphatic rings. The van der Waals surface area contributed by atoms with Gasteiger partial charge < -0.3 is 16.0 Å². The highest BCUT2D eigenvalue weighted by Crippen LogP contribution is 2.49. The van der Waals surface area contributed by atoms with Crippen LogP contribution in [-0.2, 0) is 0 Å². The smallest absolute Gasteiger partial charge is 0.0718 e. The van der Waals surface area contributed by atoms with E-state index < -0.39 is 0 Å². The van der Waals surface area contributed by atoms with Crippen molar-refractivity contribution in [1.82, 2.24) is 0 Å². The number of fused-ring (bicyclic) bond motifs is 2. The van der Waals surface area contributed by atoms with Gasteiger partial charge >= 0.3 is 0 Å². The number of nitrogens with two attached hydrogens (primary N) is 1. The molecule has 0 fully saturated rings. The van der Waals surface area contributed by atoms with Crippen molar-refractivity contribution < 1.29 is 0 Å². The summed E-state index contributed by atoms with van der Waals surface area (Å²) in [7, 11) is 0. The van der Waals surface area contributed by atoms with Crippen molar-refractivity contribution in [3.05, 3.63) is 71.8 Å². The molecule has 0 spiro atoms. The quantitative estimate of drug-likeness (QED) is 0.462. The van der Waals surface area contributed by atoms with Crippen LogP contribution < -0.4 is 16.0 Å². The Labute approximate surface area is 136 Å². The minimum atomic E-state index is 0.808. The third-order valence-corrected chi connectivity index (χ3v) is 4.30. The first-order chi connectivity index (χ1) is 11.1. The number of para-hydroxylation sites is 1. The van der Waals surface area contributed by atoms with Gasteiger partial charge in [-0.05, 0) is 61.4 Å². The largest absolute Gasteiger partial charge is 0.398 e. The predicted molar refractivity (Wildman–Crippen MR) is 98.3 cm³/mol. The van der Waals surface area contributed by atoms with Crippen LogP contribution in [0.1, 0.15) is 11.1 Å². The second-order valence-electron chi connectivity index (χ2n) is 6.04. The number of anilines is 6. The van der Waals surface area contributed by atoms with Crippen molar-refractivity contribution >= 4 is 34.1 Å². The summed E-state index contributed by atoms with van der Waals surface area (Å²) in [6, 6.07) is 21.0. The first-order valence-electron chi connectivity index (χ1n) is 7.76. The minimum Gasteiger partial charge on any atom is -0.398 e. The van der Waals surface area contributed by atoms with Crippen molar-refractivity contribution in [2.45, 2.75) is 13.8 Å². The molecule has 4 rings (SSSR count). The number of hydrogen-bond acceptors (Lipinski definition) is 3. The molecule has 0 atom stereocenters. The Bertz CT molecular complexity index is 885. The van der Waals surface area contributed by atoms with Gasteiger partial charge in [0.05, 0.1) is 22.7 Å². The van der Waals surface area contributed by atoms with Gasteiger partial charge in [-0.1, -0.05) is 24.3 Å². The molecule has 1 aliphatic heterocycles. The second-order valence-corrected chi connectivity index (χ2v) is 6.04. The second kappa shape index (κ2) is 5.06. The highest BCUT2D eigenvalue weighted by atomic mass is 15.2. The molecule has 0 saturated carbocycles. The average molecular weight is 301 g/mol. The van der Waals surface area contributed by atoms with Gasteiger partial charge in [0.25, 0.3) is 0 Å². The molecule has 1 heterocycles. The Balaban J connectivity index is 2.00. The Morgan fingerprint density at radius 3 is 2.35 bits per heavy atom. The molecular formula is C20H19N3. The fourth-order valence-corrected chi connectivity index (χ4v) is 3.06. The highest BCUT2D eigenvalue weighted by Gasteiger charge is 2.24. The number of nitrogen functional groups attached to an aromatic ring is 1. The van der Waals surface area contributed by atoms with E-state index in [1.165, 1.54) is 5.56 Å². The summed E-state index contributed by atoms with van der Waals surface area (Å²) in [5, 5.41) is 3.54. The molecule has 0 saturated heterocycles. The van der Waals surface area contributed by atoms with Crippen LogP contribution in [0.4, 0.5) is 34.1 Å². The lowest BCUT2D eigenvalue weighted by Crippen LogP contribution is -2.18. The molecule has 3 nitrogen and oxygen atoms in total. The number of aryl methyl sites for hydroxylation is 2. The maximum absolute atomic E-state index is 6.18. The molecule has 3 heteroatoms. The predicted octanol–water partition coefficient (Wildman–Crippen LogP) is 5.41. The van der Waals surface area contributed by atoms with Crippen LogP contribution in [0.25, 0.3) is 0 Å². The summed E-state index contributed by atoms with van der Waals surface area (Å²) >= 11 is 0. The van der Waals surface area contributed by atoms with E-state index in [0.29, 0.717) is 0 Å². The van der Waals surface area contributed by atoms with Crippen LogP contribution in [0.3, 0.4) is 0 Å². The molecule has 0 bridgehead atoms. The molecular weight excluding hydrogens is 282 g/mol. The van der Waals surface area contributed by atoms with Gasteiger partial charge in [0.1, 0.15) is 0 Å². The lowest BCUT2D eigenvalue weighted by molar-refractivity contribution is 1.23. The number of nitrogens with one attached hydrogen (secondary N) is 1. The van der Waals surface area contributed by atoms with Crippen molar-refractivity contribution in [2.24, 2.45) is 0 Å². The zero-order valence-electron chi connectivity index (χ0n) is 13.3.